The molecule has 0 saturated heterocycles. The fourth-order valence-electron chi connectivity index (χ4n) is 1.90. The van der Waals surface area contributed by atoms with Crippen molar-refractivity contribution in [1.29, 1.82) is 0 Å². The van der Waals surface area contributed by atoms with E-state index in [4.69, 9.17) is 4.74 Å². The van der Waals surface area contributed by atoms with Gasteiger partial charge in [-0.2, -0.15) is 0 Å². The first kappa shape index (κ1) is 10.8. The Morgan fingerprint density at radius 2 is 2.08 bits per heavy atom. The Balaban J connectivity index is 2.48. The Kier molecular flexibility index (Phi) is 3.98. The maximum absolute atomic E-state index is 5.82. The largest absolute Gasteiger partial charge is 0.373 e. The number of ether oxygens (including phenoxy) is 1. The van der Waals surface area contributed by atoms with Crippen molar-refractivity contribution in [1.82, 2.24) is 0 Å². The monoisotopic (exact) mass is 182 g/mol. The second-order valence-corrected chi connectivity index (χ2v) is 4.38. The number of rotatable bonds is 3. The summed E-state index contributed by atoms with van der Waals surface area (Å²) in [5, 5.41) is 0. The number of hydrogen-bond donors (Lipinski definition) is 0. The molecule has 0 bridgehead atoms. The molecule has 0 radical (unpaired) electrons. The first-order valence-electron chi connectivity index (χ1n) is 5.42. The molecule has 0 aromatic rings. The lowest BCUT2D eigenvalue weighted by molar-refractivity contribution is 0.0183. The maximum Gasteiger partial charge on any atom is 0.0680 e. The van der Waals surface area contributed by atoms with Crippen LogP contribution in [0.25, 0.3) is 0 Å². The first-order chi connectivity index (χ1) is 6.15. The predicted molar refractivity (Wildman–Crippen MR) is 56.8 cm³/mol. The third kappa shape index (κ3) is 2.84. The molecular formula is C12H22O. The van der Waals surface area contributed by atoms with Crippen LogP contribution in [0, 0.1) is 5.92 Å². The van der Waals surface area contributed by atoms with E-state index in [2.05, 4.69) is 27.7 Å². The Labute approximate surface area is 82.2 Å². The molecule has 0 aromatic carbocycles. The van der Waals surface area contributed by atoms with E-state index in [-0.39, 0.29) is 0 Å². The van der Waals surface area contributed by atoms with Crippen LogP contribution in [0.5, 0.6) is 0 Å². The quantitative estimate of drug-likeness (QED) is 0.606. The van der Waals surface area contributed by atoms with Crippen molar-refractivity contribution in [2.45, 2.75) is 53.1 Å². The van der Waals surface area contributed by atoms with Crippen molar-refractivity contribution < 1.29 is 4.74 Å². The Hall–Kier alpha value is -0.300. The van der Waals surface area contributed by atoms with Crippen LogP contribution in [0.2, 0.25) is 0 Å². The van der Waals surface area contributed by atoms with E-state index in [1.165, 1.54) is 18.4 Å². The molecule has 0 saturated carbocycles. The van der Waals surface area contributed by atoms with Crippen molar-refractivity contribution in [3.63, 3.8) is 0 Å². The lowest BCUT2D eigenvalue weighted by atomic mass is 9.91. The van der Waals surface area contributed by atoms with Gasteiger partial charge in [-0.25, -0.2) is 0 Å². The summed E-state index contributed by atoms with van der Waals surface area (Å²) in [5.41, 5.74) is 2.97. The highest BCUT2D eigenvalue weighted by Gasteiger charge is 2.21. The molecule has 1 nitrogen and oxygen atoms in total. The van der Waals surface area contributed by atoms with Gasteiger partial charge in [0.25, 0.3) is 0 Å². The highest BCUT2D eigenvalue weighted by atomic mass is 16.5. The fourth-order valence-corrected chi connectivity index (χ4v) is 1.90. The van der Waals surface area contributed by atoms with Gasteiger partial charge in [0.1, 0.15) is 0 Å². The van der Waals surface area contributed by atoms with Gasteiger partial charge in [-0.1, -0.05) is 25.8 Å². The van der Waals surface area contributed by atoms with Crippen molar-refractivity contribution in [3.05, 3.63) is 11.1 Å². The normalized spacial score (nSPS) is 26.3. The van der Waals surface area contributed by atoms with Crippen molar-refractivity contribution >= 4 is 0 Å². The highest BCUT2D eigenvalue weighted by Crippen LogP contribution is 2.26. The molecule has 1 aliphatic heterocycles. The van der Waals surface area contributed by atoms with Crippen LogP contribution in [0.1, 0.15) is 47.0 Å². The van der Waals surface area contributed by atoms with Crippen LogP contribution >= 0.6 is 0 Å². The lowest BCUT2D eigenvalue weighted by Crippen LogP contribution is -2.27. The van der Waals surface area contributed by atoms with Gasteiger partial charge < -0.3 is 4.74 Å². The maximum atomic E-state index is 5.82. The molecule has 0 spiro atoms. The predicted octanol–water partition coefficient (Wildman–Crippen LogP) is 3.55. The van der Waals surface area contributed by atoms with E-state index >= 15 is 0 Å². The van der Waals surface area contributed by atoms with Gasteiger partial charge in [-0.05, 0) is 38.2 Å². The average molecular weight is 182 g/mol. The van der Waals surface area contributed by atoms with Crippen LogP contribution in [-0.4, -0.2) is 12.7 Å². The summed E-state index contributed by atoms with van der Waals surface area (Å²) in [5.74, 6) is 0.716. The molecule has 2 atom stereocenters. The topological polar surface area (TPSA) is 9.23 Å². The summed E-state index contributed by atoms with van der Waals surface area (Å²) in [4.78, 5) is 0. The summed E-state index contributed by atoms with van der Waals surface area (Å²) < 4.78 is 5.82. The van der Waals surface area contributed by atoms with E-state index in [9.17, 15) is 0 Å². The fraction of sp³-hybridized carbons (Fsp3) is 0.833. The van der Waals surface area contributed by atoms with Gasteiger partial charge in [-0.15, -0.1) is 0 Å². The molecule has 1 heteroatoms. The summed E-state index contributed by atoms with van der Waals surface area (Å²) in [6, 6.07) is 0. The molecule has 0 fully saturated rings. The van der Waals surface area contributed by atoms with Gasteiger partial charge >= 0.3 is 0 Å². The van der Waals surface area contributed by atoms with Crippen LogP contribution < -0.4 is 0 Å². The Morgan fingerprint density at radius 1 is 1.38 bits per heavy atom. The summed E-state index contributed by atoms with van der Waals surface area (Å²) in [6.45, 7) is 9.82. The third-order valence-corrected chi connectivity index (χ3v) is 3.13. The minimum absolute atomic E-state index is 0.476. The summed E-state index contributed by atoms with van der Waals surface area (Å²) in [7, 11) is 0. The first-order valence-corrected chi connectivity index (χ1v) is 5.42. The second kappa shape index (κ2) is 4.80. The summed E-state index contributed by atoms with van der Waals surface area (Å²) >= 11 is 0. The van der Waals surface area contributed by atoms with E-state index in [1.807, 2.05) is 0 Å². The Bertz CT molecular complexity index is 193. The molecule has 1 heterocycles. The molecule has 0 aromatic heterocycles. The molecule has 13 heavy (non-hydrogen) atoms. The SMILES string of the molecule is CCCC(C)C1CC(C)=C(C)CO1. The molecule has 0 N–H and O–H groups in total. The zero-order valence-corrected chi connectivity index (χ0v) is 9.39. The van der Waals surface area contributed by atoms with Crippen LogP contribution in [0.4, 0.5) is 0 Å². The van der Waals surface area contributed by atoms with E-state index in [0.29, 0.717) is 12.0 Å². The highest BCUT2D eigenvalue weighted by molar-refractivity contribution is 5.13. The van der Waals surface area contributed by atoms with Crippen molar-refractivity contribution in [2.24, 2.45) is 5.92 Å². The second-order valence-electron chi connectivity index (χ2n) is 4.38. The average Bonchev–Trinajstić information content (AvgIpc) is 2.10. The van der Waals surface area contributed by atoms with Gasteiger partial charge in [0, 0.05) is 0 Å². The summed E-state index contributed by atoms with van der Waals surface area (Å²) in [6.07, 6.45) is 4.18. The lowest BCUT2D eigenvalue weighted by Gasteiger charge is -2.29. The minimum atomic E-state index is 0.476. The van der Waals surface area contributed by atoms with E-state index in [0.717, 1.165) is 13.0 Å². The third-order valence-electron chi connectivity index (χ3n) is 3.13. The van der Waals surface area contributed by atoms with Crippen molar-refractivity contribution in [3.8, 4) is 0 Å². The molecule has 1 aliphatic rings. The molecule has 2 unspecified atom stereocenters. The molecule has 0 aliphatic carbocycles. The van der Waals surface area contributed by atoms with Crippen molar-refractivity contribution in [2.75, 3.05) is 6.61 Å². The molecule has 0 amide bonds. The van der Waals surface area contributed by atoms with E-state index in [1.54, 1.807) is 5.57 Å². The number of hydrogen-bond acceptors (Lipinski definition) is 1. The Morgan fingerprint density at radius 3 is 2.62 bits per heavy atom. The van der Waals surface area contributed by atoms with Crippen LogP contribution in [0.15, 0.2) is 11.1 Å². The smallest absolute Gasteiger partial charge is 0.0680 e. The van der Waals surface area contributed by atoms with Gasteiger partial charge in [0.15, 0.2) is 0 Å². The minimum Gasteiger partial charge on any atom is -0.373 e. The van der Waals surface area contributed by atoms with Crippen LogP contribution in [0.3, 0.4) is 0 Å². The standard InChI is InChI=1S/C12H22O/c1-5-6-9(2)12-7-10(3)11(4)8-13-12/h9,12H,5-8H2,1-4H3. The zero-order valence-electron chi connectivity index (χ0n) is 9.39. The zero-order chi connectivity index (χ0) is 9.84. The molecular weight excluding hydrogens is 160 g/mol. The molecule has 1 rings (SSSR count). The van der Waals surface area contributed by atoms with E-state index < -0.39 is 0 Å². The van der Waals surface area contributed by atoms with Gasteiger partial charge in [0.2, 0.25) is 0 Å². The van der Waals surface area contributed by atoms with Gasteiger partial charge in [-0.3, -0.25) is 0 Å². The molecule has 76 valence electrons. The van der Waals surface area contributed by atoms with Crippen LogP contribution in [-0.2, 0) is 4.74 Å². The van der Waals surface area contributed by atoms with Gasteiger partial charge in [0.05, 0.1) is 12.7 Å².